The van der Waals surface area contributed by atoms with E-state index in [2.05, 4.69) is 31.0 Å². The van der Waals surface area contributed by atoms with Crippen LogP contribution in [0.5, 0.6) is 0 Å². The fourth-order valence-electron chi connectivity index (χ4n) is 3.58. The molecule has 1 aliphatic heterocycles. The molecule has 0 aromatic carbocycles. The molecule has 2 nitrogen and oxygen atoms in total. The zero-order valence-electron chi connectivity index (χ0n) is 12.7. The molecule has 0 amide bonds. The molecule has 1 saturated heterocycles. The van der Waals surface area contributed by atoms with Crippen LogP contribution in [0.4, 0.5) is 0 Å². The van der Waals surface area contributed by atoms with E-state index >= 15 is 0 Å². The van der Waals surface area contributed by atoms with Gasteiger partial charge < -0.3 is 5.32 Å². The Kier molecular flexibility index (Phi) is 5.08. The van der Waals surface area contributed by atoms with E-state index in [1.807, 2.05) is 0 Å². The maximum atomic E-state index is 3.55. The van der Waals surface area contributed by atoms with Crippen molar-refractivity contribution in [3.8, 4) is 0 Å². The molecule has 1 aliphatic carbocycles. The van der Waals surface area contributed by atoms with Crippen LogP contribution in [0, 0.1) is 11.3 Å². The molecule has 1 unspecified atom stereocenters. The lowest BCUT2D eigenvalue weighted by Gasteiger charge is -2.36. The Bertz CT molecular complexity index is 237. The van der Waals surface area contributed by atoms with Gasteiger partial charge in [-0.15, -0.1) is 0 Å². The summed E-state index contributed by atoms with van der Waals surface area (Å²) < 4.78 is 0. The minimum atomic E-state index is 0.527. The molecule has 1 heterocycles. The minimum Gasteiger partial charge on any atom is -0.316 e. The van der Waals surface area contributed by atoms with Crippen molar-refractivity contribution in [2.24, 2.45) is 11.3 Å². The number of hydrogen-bond acceptors (Lipinski definition) is 2. The first kappa shape index (κ1) is 14.3. The predicted octanol–water partition coefficient (Wildman–Crippen LogP) is 3.28. The highest BCUT2D eigenvalue weighted by Gasteiger charge is 2.33. The van der Waals surface area contributed by atoms with Crippen LogP contribution in [0.1, 0.15) is 59.3 Å². The lowest BCUT2D eigenvalue weighted by atomic mass is 9.88. The van der Waals surface area contributed by atoms with Crippen molar-refractivity contribution in [1.82, 2.24) is 10.2 Å². The Morgan fingerprint density at radius 2 is 2.00 bits per heavy atom. The first-order valence-electron chi connectivity index (χ1n) is 8.04. The van der Waals surface area contributed by atoms with Gasteiger partial charge in [0, 0.05) is 19.1 Å². The van der Waals surface area contributed by atoms with E-state index in [0.717, 1.165) is 12.0 Å². The van der Waals surface area contributed by atoms with E-state index in [0.29, 0.717) is 5.41 Å². The van der Waals surface area contributed by atoms with Crippen LogP contribution in [0.15, 0.2) is 0 Å². The second-order valence-corrected chi connectivity index (χ2v) is 7.33. The van der Waals surface area contributed by atoms with Crippen LogP contribution < -0.4 is 5.32 Å². The van der Waals surface area contributed by atoms with Gasteiger partial charge in [-0.25, -0.2) is 0 Å². The Hall–Kier alpha value is -0.0800. The normalized spacial score (nSPS) is 29.8. The lowest BCUT2D eigenvalue weighted by molar-refractivity contribution is 0.124. The van der Waals surface area contributed by atoms with Gasteiger partial charge in [0.1, 0.15) is 0 Å². The first-order valence-corrected chi connectivity index (χ1v) is 8.04. The number of rotatable bonds is 6. The molecule has 2 heteroatoms. The van der Waals surface area contributed by atoms with Crippen LogP contribution in [-0.2, 0) is 0 Å². The standard InChI is InChI=1S/C16H32N2/c1-14(2)8-11-18(15-6-4-5-7-15)13-16(3)9-10-17-12-16/h14-15,17H,4-13H2,1-3H3. The van der Waals surface area contributed by atoms with Gasteiger partial charge in [0.2, 0.25) is 0 Å². The molecule has 0 spiro atoms. The molecule has 0 radical (unpaired) electrons. The Balaban J connectivity index is 1.90. The highest BCUT2D eigenvalue weighted by Crippen LogP contribution is 2.31. The zero-order valence-corrected chi connectivity index (χ0v) is 12.7. The van der Waals surface area contributed by atoms with E-state index in [1.54, 1.807) is 0 Å². The van der Waals surface area contributed by atoms with Gasteiger partial charge >= 0.3 is 0 Å². The summed E-state index contributed by atoms with van der Waals surface area (Å²) in [5, 5.41) is 3.55. The second-order valence-electron chi connectivity index (χ2n) is 7.33. The van der Waals surface area contributed by atoms with Crippen LogP contribution in [0.25, 0.3) is 0 Å². The van der Waals surface area contributed by atoms with Crippen molar-refractivity contribution >= 4 is 0 Å². The van der Waals surface area contributed by atoms with Gasteiger partial charge in [0.05, 0.1) is 0 Å². The molecule has 2 rings (SSSR count). The van der Waals surface area contributed by atoms with Crippen LogP contribution in [-0.4, -0.2) is 37.1 Å². The molecule has 0 aromatic heterocycles. The molecular weight excluding hydrogens is 220 g/mol. The fourth-order valence-corrected chi connectivity index (χ4v) is 3.58. The van der Waals surface area contributed by atoms with E-state index in [1.165, 1.54) is 64.7 Å². The SMILES string of the molecule is CC(C)CCN(CC1(C)CCNC1)C1CCCC1. The molecular formula is C16H32N2. The average Bonchev–Trinajstić information content (AvgIpc) is 2.95. The first-order chi connectivity index (χ1) is 8.59. The molecule has 0 aromatic rings. The van der Waals surface area contributed by atoms with Crippen LogP contribution in [0.3, 0.4) is 0 Å². The van der Waals surface area contributed by atoms with Crippen molar-refractivity contribution in [2.45, 2.75) is 65.3 Å². The van der Waals surface area contributed by atoms with Crippen molar-refractivity contribution in [2.75, 3.05) is 26.2 Å². The third-order valence-electron chi connectivity index (χ3n) is 4.88. The summed E-state index contributed by atoms with van der Waals surface area (Å²) in [5.74, 6) is 0.836. The summed E-state index contributed by atoms with van der Waals surface area (Å²) in [7, 11) is 0. The summed E-state index contributed by atoms with van der Waals surface area (Å²) in [4.78, 5) is 2.83. The van der Waals surface area contributed by atoms with Gasteiger partial charge in [0.25, 0.3) is 0 Å². The summed E-state index contributed by atoms with van der Waals surface area (Å²) >= 11 is 0. The Morgan fingerprint density at radius 1 is 1.28 bits per heavy atom. The van der Waals surface area contributed by atoms with Crippen molar-refractivity contribution in [3.63, 3.8) is 0 Å². The lowest BCUT2D eigenvalue weighted by Crippen LogP contribution is -2.43. The van der Waals surface area contributed by atoms with Crippen LogP contribution in [0.2, 0.25) is 0 Å². The van der Waals surface area contributed by atoms with E-state index < -0.39 is 0 Å². The Labute approximate surface area is 114 Å². The number of nitrogens with zero attached hydrogens (tertiary/aromatic N) is 1. The molecule has 1 N–H and O–H groups in total. The monoisotopic (exact) mass is 252 g/mol. The molecule has 1 atom stereocenters. The van der Waals surface area contributed by atoms with Gasteiger partial charge in [0.15, 0.2) is 0 Å². The Morgan fingerprint density at radius 3 is 2.56 bits per heavy atom. The van der Waals surface area contributed by atoms with Gasteiger partial charge in [-0.1, -0.05) is 33.6 Å². The summed E-state index contributed by atoms with van der Waals surface area (Å²) in [5.41, 5.74) is 0.527. The third-order valence-corrected chi connectivity index (χ3v) is 4.88. The van der Waals surface area contributed by atoms with E-state index in [9.17, 15) is 0 Å². The number of nitrogens with one attached hydrogen (secondary N) is 1. The smallest absolute Gasteiger partial charge is 0.00955 e. The summed E-state index contributed by atoms with van der Waals surface area (Å²) in [6.45, 7) is 12.3. The van der Waals surface area contributed by atoms with Gasteiger partial charge in [-0.3, -0.25) is 4.90 Å². The molecule has 18 heavy (non-hydrogen) atoms. The third kappa shape index (κ3) is 3.96. The quantitative estimate of drug-likeness (QED) is 0.780. The number of hydrogen-bond donors (Lipinski definition) is 1. The van der Waals surface area contributed by atoms with E-state index in [4.69, 9.17) is 0 Å². The maximum absolute atomic E-state index is 3.55. The molecule has 1 saturated carbocycles. The molecule has 0 bridgehead atoms. The summed E-state index contributed by atoms with van der Waals surface area (Å²) in [6, 6.07) is 0.890. The van der Waals surface area contributed by atoms with Gasteiger partial charge in [-0.2, -0.15) is 0 Å². The zero-order chi connectivity index (χ0) is 13.0. The van der Waals surface area contributed by atoms with Crippen molar-refractivity contribution < 1.29 is 0 Å². The van der Waals surface area contributed by atoms with E-state index in [-0.39, 0.29) is 0 Å². The topological polar surface area (TPSA) is 15.3 Å². The van der Waals surface area contributed by atoms with Crippen molar-refractivity contribution in [3.05, 3.63) is 0 Å². The molecule has 106 valence electrons. The minimum absolute atomic E-state index is 0.527. The van der Waals surface area contributed by atoms with Crippen molar-refractivity contribution in [1.29, 1.82) is 0 Å². The predicted molar refractivity (Wildman–Crippen MR) is 78.9 cm³/mol. The summed E-state index contributed by atoms with van der Waals surface area (Å²) in [6.07, 6.45) is 8.52. The van der Waals surface area contributed by atoms with Crippen LogP contribution >= 0.6 is 0 Å². The highest BCUT2D eigenvalue weighted by atomic mass is 15.2. The highest BCUT2D eigenvalue weighted by molar-refractivity contribution is 4.89. The molecule has 2 aliphatic rings. The average molecular weight is 252 g/mol. The maximum Gasteiger partial charge on any atom is 0.00955 e. The second kappa shape index (κ2) is 6.38. The largest absolute Gasteiger partial charge is 0.316 e. The molecule has 2 fully saturated rings. The van der Waals surface area contributed by atoms with Gasteiger partial charge in [-0.05, 0) is 50.1 Å². The fraction of sp³-hybridized carbons (Fsp3) is 1.00.